The van der Waals surface area contributed by atoms with E-state index in [1.165, 1.54) is 10.8 Å². The van der Waals surface area contributed by atoms with E-state index in [4.69, 9.17) is 17.0 Å². The summed E-state index contributed by atoms with van der Waals surface area (Å²) in [6.07, 6.45) is 0. The highest BCUT2D eigenvalue weighted by Crippen LogP contribution is 2.16. The van der Waals surface area contributed by atoms with Gasteiger partial charge in [-0.15, -0.1) is 0 Å². The molecule has 0 amide bonds. The maximum Gasteiger partial charge on any atom is 0.187 e. The average Bonchev–Trinajstić information content (AvgIpc) is 2.52. The highest BCUT2D eigenvalue weighted by Gasteiger charge is 2.03. The molecule has 0 saturated heterocycles. The van der Waals surface area contributed by atoms with Crippen molar-refractivity contribution in [1.82, 2.24) is 10.7 Å². The average molecular weight is 315 g/mol. The molecular weight excluding hydrogens is 294 g/mol. The monoisotopic (exact) mass is 315 g/mol. The van der Waals surface area contributed by atoms with E-state index >= 15 is 0 Å². The number of benzene rings is 2. The SMILES string of the molecule is COC[C@@H](C)NC(=S)N/N=C(/C)c1ccc2ccccc2c1. The lowest BCUT2D eigenvalue weighted by Crippen LogP contribution is -2.40. The van der Waals surface area contributed by atoms with Crippen LogP contribution in [0.1, 0.15) is 19.4 Å². The van der Waals surface area contributed by atoms with Crippen molar-refractivity contribution in [2.24, 2.45) is 5.10 Å². The van der Waals surface area contributed by atoms with E-state index in [0.717, 1.165) is 11.3 Å². The van der Waals surface area contributed by atoms with Crippen LogP contribution in [0.15, 0.2) is 47.6 Å². The summed E-state index contributed by atoms with van der Waals surface area (Å²) < 4.78 is 5.05. The lowest BCUT2D eigenvalue weighted by molar-refractivity contribution is 0.179. The van der Waals surface area contributed by atoms with Gasteiger partial charge in [0.05, 0.1) is 12.3 Å². The molecule has 0 spiro atoms. The molecule has 2 aromatic carbocycles. The van der Waals surface area contributed by atoms with Crippen molar-refractivity contribution >= 4 is 33.8 Å². The molecule has 0 unspecified atom stereocenters. The Morgan fingerprint density at radius 2 is 1.95 bits per heavy atom. The maximum atomic E-state index is 5.20. The first-order valence-corrected chi connectivity index (χ1v) is 7.60. The van der Waals surface area contributed by atoms with Crippen LogP contribution >= 0.6 is 12.2 Å². The van der Waals surface area contributed by atoms with Crippen LogP contribution in [0.4, 0.5) is 0 Å². The predicted octanol–water partition coefficient (Wildman–Crippen LogP) is 3.06. The standard InChI is InChI=1S/C17H21N3OS/c1-12(11-21-3)18-17(22)20-19-13(2)15-9-8-14-6-4-5-7-16(14)10-15/h4-10,12H,11H2,1-3H3,(H2,18,20,22)/b19-13-/t12-/m1/s1. The summed E-state index contributed by atoms with van der Waals surface area (Å²) in [6, 6.07) is 14.7. The largest absolute Gasteiger partial charge is 0.383 e. The van der Waals surface area contributed by atoms with E-state index in [-0.39, 0.29) is 6.04 Å². The Morgan fingerprint density at radius 3 is 2.68 bits per heavy atom. The summed E-state index contributed by atoms with van der Waals surface area (Å²) in [7, 11) is 1.66. The first-order chi connectivity index (χ1) is 10.6. The van der Waals surface area contributed by atoms with Gasteiger partial charge in [-0.1, -0.05) is 36.4 Å². The Morgan fingerprint density at radius 1 is 1.23 bits per heavy atom. The number of thiocarbonyl (C=S) groups is 1. The molecule has 0 aromatic heterocycles. The Hall–Kier alpha value is -1.98. The fourth-order valence-corrected chi connectivity index (χ4v) is 2.41. The van der Waals surface area contributed by atoms with E-state index in [9.17, 15) is 0 Å². The van der Waals surface area contributed by atoms with E-state index in [1.54, 1.807) is 7.11 Å². The van der Waals surface area contributed by atoms with E-state index in [2.05, 4.69) is 46.2 Å². The fraction of sp³-hybridized carbons (Fsp3) is 0.294. The molecule has 22 heavy (non-hydrogen) atoms. The van der Waals surface area contributed by atoms with Gasteiger partial charge in [0.25, 0.3) is 0 Å². The fourth-order valence-electron chi connectivity index (χ4n) is 2.16. The molecule has 2 N–H and O–H groups in total. The Balaban J connectivity index is 2.02. The van der Waals surface area contributed by atoms with Crippen LogP contribution in [0.3, 0.4) is 0 Å². The molecule has 1 atom stereocenters. The number of ether oxygens (including phenoxy) is 1. The third kappa shape index (κ3) is 4.51. The molecule has 0 radical (unpaired) electrons. The van der Waals surface area contributed by atoms with Crippen molar-refractivity contribution in [3.8, 4) is 0 Å². The molecule has 5 heteroatoms. The highest BCUT2D eigenvalue weighted by molar-refractivity contribution is 7.80. The quantitative estimate of drug-likeness (QED) is 0.506. The molecule has 0 fully saturated rings. The van der Waals surface area contributed by atoms with Crippen LogP contribution in [0, 0.1) is 0 Å². The smallest absolute Gasteiger partial charge is 0.187 e. The van der Waals surface area contributed by atoms with Gasteiger partial charge in [0, 0.05) is 13.2 Å². The van der Waals surface area contributed by atoms with Gasteiger partial charge < -0.3 is 10.1 Å². The number of methoxy groups -OCH3 is 1. The van der Waals surface area contributed by atoms with Gasteiger partial charge in [-0.05, 0) is 48.5 Å². The molecule has 0 bridgehead atoms. The number of nitrogens with one attached hydrogen (secondary N) is 2. The van der Waals surface area contributed by atoms with Gasteiger partial charge in [0.1, 0.15) is 0 Å². The van der Waals surface area contributed by atoms with Crippen molar-refractivity contribution in [3.63, 3.8) is 0 Å². The minimum atomic E-state index is 0.140. The zero-order chi connectivity index (χ0) is 15.9. The first-order valence-electron chi connectivity index (χ1n) is 7.19. The van der Waals surface area contributed by atoms with Gasteiger partial charge in [0.2, 0.25) is 0 Å². The number of fused-ring (bicyclic) bond motifs is 1. The molecule has 0 aliphatic carbocycles. The topological polar surface area (TPSA) is 45.6 Å². The summed E-state index contributed by atoms with van der Waals surface area (Å²) >= 11 is 5.20. The minimum Gasteiger partial charge on any atom is -0.383 e. The summed E-state index contributed by atoms with van der Waals surface area (Å²) in [4.78, 5) is 0. The Kier molecular flexibility index (Phi) is 5.86. The highest BCUT2D eigenvalue weighted by atomic mass is 32.1. The predicted molar refractivity (Wildman–Crippen MR) is 96.4 cm³/mol. The molecule has 0 aliphatic heterocycles. The van der Waals surface area contributed by atoms with Gasteiger partial charge in [-0.2, -0.15) is 5.10 Å². The van der Waals surface area contributed by atoms with Gasteiger partial charge in [0.15, 0.2) is 5.11 Å². The lowest BCUT2D eigenvalue weighted by atomic mass is 10.0. The Labute approximate surface area is 136 Å². The van der Waals surface area contributed by atoms with Gasteiger partial charge >= 0.3 is 0 Å². The Bertz CT molecular complexity index is 684. The summed E-state index contributed by atoms with van der Waals surface area (Å²) in [5.41, 5.74) is 4.82. The van der Waals surface area contributed by atoms with Crippen LogP contribution < -0.4 is 10.7 Å². The number of nitrogens with zero attached hydrogens (tertiary/aromatic N) is 1. The number of rotatable bonds is 5. The molecule has 116 valence electrons. The summed E-state index contributed by atoms with van der Waals surface area (Å²) in [5.74, 6) is 0. The van der Waals surface area contributed by atoms with Crippen LogP contribution in [0.2, 0.25) is 0 Å². The van der Waals surface area contributed by atoms with Crippen LogP contribution in [-0.4, -0.2) is 30.6 Å². The normalized spacial score (nSPS) is 13.0. The molecular formula is C17H21N3OS. The molecule has 2 aromatic rings. The van der Waals surface area contributed by atoms with Crippen LogP contribution in [0.5, 0.6) is 0 Å². The number of hydrogen-bond donors (Lipinski definition) is 2. The number of hydrazone groups is 1. The van der Waals surface area contributed by atoms with Crippen LogP contribution in [-0.2, 0) is 4.74 Å². The second kappa shape index (κ2) is 7.87. The zero-order valence-electron chi connectivity index (χ0n) is 13.1. The van der Waals surface area contributed by atoms with Crippen molar-refractivity contribution in [2.45, 2.75) is 19.9 Å². The van der Waals surface area contributed by atoms with Crippen molar-refractivity contribution in [1.29, 1.82) is 0 Å². The zero-order valence-corrected chi connectivity index (χ0v) is 13.9. The molecule has 0 saturated carbocycles. The summed E-state index contributed by atoms with van der Waals surface area (Å²) in [5, 5.41) is 10.4. The van der Waals surface area contributed by atoms with Crippen molar-refractivity contribution in [3.05, 3.63) is 48.0 Å². The van der Waals surface area contributed by atoms with Crippen molar-refractivity contribution in [2.75, 3.05) is 13.7 Å². The van der Waals surface area contributed by atoms with E-state index < -0.39 is 0 Å². The molecule has 0 heterocycles. The second-order valence-corrected chi connectivity index (χ2v) is 5.61. The van der Waals surface area contributed by atoms with Crippen molar-refractivity contribution < 1.29 is 4.74 Å². The minimum absolute atomic E-state index is 0.140. The third-order valence-electron chi connectivity index (χ3n) is 3.29. The van der Waals surface area contributed by atoms with Gasteiger partial charge in [-0.3, -0.25) is 5.43 Å². The molecule has 2 rings (SSSR count). The first kappa shape index (κ1) is 16.4. The molecule has 4 nitrogen and oxygen atoms in total. The lowest BCUT2D eigenvalue weighted by Gasteiger charge is -2.14. The van der Waals surface area contributed by atoms with E-state index in [1.807, 2.05) is 26.0 Å². The third-order valence-corrected chi connectivity index (χ3v) is 3.50. The molecule has 0 aliphatic rings. The summed E-state index contributed by atoms with van der Waals surface area (Å²) in [6.45, 7) is 4.55. The van der Waals surface area contributed by atoms with Gasteiger partial charge in [-0.25, -0.2) is 0 Å². The maximum absolute atomic E-state index is 5.20. The van der Waals surface area contributed by atoms with E-state index in [0.29, 0.717) is 11.7 Å². The van der Waals surface area contributed by atoms with Crippen LogP contribution in [0.25, 0.3) is 10.8 Å². The number of hydrogen-bond acceptors (Lipinski definition) is 3. The second-order valence-electron chi connectivity index (χ2n) is 5.20.